The lowest BCUT2D eigenvalue weighted by Gasteiger charge is -2.13. The van der Waals surface area contributed by atoms with Crippen molar-refractivity contribution in [2.24, 2.45) is 0 Å². The molecule has 0 amide bonds. The minimum atomic E-state index is -0.874. The van der Waals surface area contributed by atoms with Crippen molar-refractivity contribution in [1.82, 2.24) is 0 Å². The lowest BCUT2D eigenvalue weighted by molar-refractivity contribution is -0.109. The van der Waals surface area contributed by atoms with Crippen molar-refractivity contribution in [3.8, 4) is 0 Å². The van der Waals surface area contributed by atoms with Crippen molar-refractivity contribution >= 4 is 17.9 Å². The van der Waals surface area contributed by atoms with Gasteiger partial charge in [-0.05, 0) is 12.5 Å². The molecule has 0 heterocycles. The molecular weight excluding hydrogens is 160 g/mol. The second-order valence-electron chi connectivity index (χ2n) is 2.56. The first-order valence-corrected chi connectivity index (χ1v) is 3.75. The van der Waals surface area contributed by atoms with Gasteiger partial charge in [-0.1, -0.05) is 30.3 Å². The quantitative estimate of drug-likeness (QED) is 0.490. The second-order valence-corrected chi connectivity index (χ2v) is 3.34. The Morgan fingerprint density at radius 2 is 1.91 bits per heavy atom. The Hall–Kier alpha value is -0.820. The van der Waals surface area contributed by atoms with E-state index in [0.29, 0.717) is 0 Å². The van der Waals surface area contributed by atoms with Crippen LogP contribution >= 0.6 is 11.6 Å². The van der Waals surface area contributed by atoms with Crippen LogP contribution in [0.2, 0.25) is 0 Å². The van der Waals surface area contributed by atoms with Gasteiger partial charge < -0.3 is 4.79 Å². The molecule has 1 rings (SSSR count). The van der Waals surface area contributed by atoms with Gasteiger partial charge in [-0.25, -0.2) is 0 Å². The van der Waals surface area contributed by atoms with Crippen molar-refractivity contribution < 1.29 is 4.79 Å². The highest BCUT2D eigenvalue weighted by Crippen LogP contribution is 2.24. The van der Waals surface area contributed by atoms with Gasteiger partial charge in [0.25, 0.3) is 0 Å². The van der Waals surface area contributed by atoms with Crippen LogP contribution in [0.3, 0.4) is 0 Å². The van der Waals surface area contributed by atoms with E-state index in [4.69, 9.17) is 11.6 Å². The molecule has 1 aromatic carbocycles. The lowest BCUT2D eigenvalue weighted by atomic mass is 10.0. The molecule has 11 heavy (non-hydrogen) atoms. The highest BCUT2D eigenvalue weighted by Gasteiger charge is 2.21. The molecule has 0 bridgehead atoms. The van der Waals surface area contributed by atoms with Gasteiger partial charge in [-0.2, -0.15) is 0 Å². The van der Waals surface area contributed by atoms with E-state index in [-0.39, 0.29) is 0 Å². The third-order valence-corrected chi connectivity index (χ3v) is 1.87. The Balaban J connectivity index is 3.02. The number of aldehydes is 1. The molecule has 1 unspecified atom stereocenters. The third-order valence-electron chi connectivity index (χ3n) is 1.56. The van der Waals surface area contributed by atoms with E-state index in [1.807, 2.05) is 30.3 Å². The van der Waals surface area contributed by atoms with Crippen LogP contribution in [0, 0.1) is 0 Å². The fourth-order valence-corrected chi connectivity index (χ4v) is 0.958. The zero-order valence-corrected chi connectivity index (χ0v) is 7.01. The molecule has 0 radical (unpaired) electrons. The maximum Gasteiger partial charge on any atom is 0.145 e. The van der Waals surface area contributed by atoms with Crippen LogP contribution in [0.1, 0.15) is 12.5 Å². The second kappa shape index (κ2) is 3.05. The molecule has 0 aliphatic heterocycles. The average molecular weight is 169 g/mol. The van der Waals surface area contributed by atoms with Crippen LogP contribution in [0.15, 0.2) is 30.3 Å². The highest BCUT2D eigenvalue weighted by atomic mass is 35.5. The molecule has 0 saturated carbocycles. The summed E-state index contributed by atoms with van der Waals surface area (Å²) < 4.78 is 0. The van der Waals surface area contributed by atoms with Gasteiger partial charge in [-0.15, -0.1) is 11.6 Å². The Morgan fingerprint density at radius 1 is 1.36 bits per heavy atom. The minimum absolute atomic E-state index is 0.740. The zero-order chi connectivity index (χ0) is 8.32. The summed E-state index contributed by atoms with van der Waals surface area (Å²) in [6, 6.07) is 9.28. The average Bonchev–Trinajstić information content (AvgIpc) is 2.06. The van der Waals surface area contributed by atoms with Crippen molar-refractivity contribution in [2.45, 2.75) is 11.8 Å². The fraction of sp³-hybridized carbons (Fsp3) is 0.222. The van der Waals surface area contributed by atoms with Gasteiger partial charge in [0, 0.05) is 0 Å². The number of carbonyl (C=O) groups is 1. The predicted molar refractivity (Wildman–Crippen MR) is 45.7 cm³/mol. The summed E-state index contributed by atoms with van der Waals surface area (Å²) in [6.07, 6.45) is 0.740. The molecule has 1 aromatic rings. The van der Waals surface area contributed by atoms with Crippen LogP contribution in [0.4, 0.5) is 0 Å². The number of carbonyl (C=O) groups excluding carboxylic acids is 1. The number of halogens is 1. The van der Waals surface area contributed by atoms with E-state index < -0.39 is 4.87 Å². The first-order valence-electron chi connectivity index (χ1n) is 3.37. The Labute approximate surface area is 71.0 Å². The summed E-state index contributed by atoms with van der Waals surface area (Å²) in [6.45, 7) is 1.68. The molecule has 0 N–H and O–H groups in total. The minimum Gasteiger partial charge on any atom is -0.301 e. The van der Waals surface area contributed by atoms with Crippen LogP contribution in [-0.4, -0.2) is 6.29 Å². The number of hydrogen-bond acceptors (Lipinski definition) is 1. The van der Waals surface area contributed by atoms with E-state index in [1.54, 1.807) is 6.92 Å². The number of hydrogen-bond donors (Lipinski definition) is 0. The summed E-state index contributed by atoms with van der Waals surface area (Å²) in [5.74, 6) is 0. The van der Waals surface area contributed by atoms with Gasteiger partial charge in [0.1, 0.15) is 11.2 Å². The molecule has 2 heteroatoms. The smallest absolute Gasteiger partial charge is 0.145 e. The first-order chi connectivity index (χ1) is 5.17. The van der Waals surface area contributed by atoms with Crippen LogP contribution in [0.25, 0.3) is 0 Å². The molecule has 0 aliphatic carbocycles. The normalized spacial score (nSPS) is 15.5. The summed E-state index contributed by atoms with van der Waals surface area (Å²) in [5.41, 5.74) is 0.830. The van der Waals surface area contributed by atoms with Crippen molar-refractivity contribution in [3.63, 3.8) is 0 Å². The van der Waals surface area contributed by atoms with Crippen molar-refractivity contribution in [3.05, 3.63) is 35.9 Å². The summed E-state index contributed by atoms with van der Waals surface area (Å²) in [4.78, 5) is 9.62. The van der Waals surface area contributed by atoms with Gasteiger partial charge >= 0.3 is 0 Å². The molecule has 1 nitrogen and oxygen atoms in total. The highest BCUT2D eigenvalue weighted by molar-refractivity contribution is 6.31. The zero-order valence-electron chi connectivity index (χ0n) is 6.25. The molecular formula is C9H9ClO. The molecule has 0 spiro atoms. The summed E-state index contributed by atoms with van der Waals surface area (Å²) in [7, 11) is 0. The topological polar surface area (TPSA) is 17.1 Å². The monoisotopic (exact) mass is 168 g/mol. The van der Waals surface area contributed by atoms with E-state index in [9.17, 15) is 4.79 Å². The fourth-order valence-electron chi connectivity index (χ4n) is 0.832. The molecule has 0 fully saturated rings. The van der Waals surface area contributed by atoms with Gasteiger partial charge in [0.2, 0.25) is 0 Å². The van der Waals surface area contributed by atoms with Crippen molar-refractivity contribution in [1.29, 1.82) is 0 Å². The van der Waals surface area contributed by atoms with Crippen LogP contribution < -0.4 is 0 Å². The summed E-state index contributed by atoms with van der Waals surface area (Å²) >= 11 is 5.88. The Bertz CT molecular complexity index is 241. The van der Waals surface area contributed by atoms with E-state index in [1.165, 1.54) is 0 Å². The van der Waals surface area contributed by atoms with Gasteiger partial charge in [-0.3, -0.25) is 0 Å². The number of alkyl halides is 1. The standard InChI is InChI=1S/C9H9ClO/c1-9(10,7-11)8-5-3-2-4-6-8/h2-7H,1H3. The molecule has 1 atom stereocenters. The van der Waals surface area contributed by atoms with Gasteiger partial charge in [0.05, 0.1) is 0 Å². The van der Waals surface area contributed by atoms with Crippen molar-refractivity contribution in [2.75, 3.05) is 0 Å². The third kappa shape index (κ3) is 1.81. The first kappa shape index (κ1) is 8.28. The SMILES string of the molecule is CC(Cl)(C=O)c1ccccc1. The molecule has 0 aliphatic rings. The maximum absolute atomic E-state index is 10.5. The largest absolute Gasteiger partial charge is 0.301 e. The lowest BCUT2D eigenvalue weighted by Crippen LogP contribution is -2.14. The molecule has 58 valence electrons. The molecule has 0 aromatic heterocycles. The summed E-state index contributed by atoms with van der Waals surface area (Å²) in [5, 5.41) is 0. The van der Waals surface area contributed by atoms with E-state index >= 15 is 0 Å². The van der Waals surface area contributed by atoms with E-state index in [2.05, 4.69) is 0 Å². The van der Waals surface area contributed by atoms with E-state index in [0.717, 1.165) is 11.8 Å². The number of rotatable bonds is 2. The van der Waals surface area contributed by atoms with Crippen LogP contribution in [0.5, 0.6) is 0 Å². The Morgan fingerprint density at radius 3 is 2.36 bits per heavy atom. The predicted octanol–water partition coefficient (Wildman–Crippen LogP) is 2.34. The number of benzene rings is 1. The molecule has 0 saturated heterocycles. The van der Waals surface area contributed by atoms with Crippen LogP contribution in [-0.2, 0) is 9.67 Å². The Kier molecular flexibility index (Phi) is 2.30. The van der Waals surface area contributed by atoms with Gasteiger partial charge in [0.15, 0.2) is 0 Å². The maximum atomic E-state index is 10.5.